The molecule has 2 heteroatoms. The van der Waals surface area contributed by atoms with Crippen molar-refractivity contribution < 1.29 is 4.74 Å². The molecule has 0 spiro atoms. The van der Waals surface area contributed by atoms with Gasteiger partial charge in [0.05, 0.1) is 12.2 Å². The van der Waals surface area contributed by atoms with Crippen LogP contribution >= 0.6 is 0 Å². The monoisotopic (exact) mass is 231 g/mol. The van der Waals surface area contributed by atoms with Crippen LogP contribution in [0.1, 0.15) is 38.2 Å². The summed E-state index contributed by atoms with van der Waals surface area (Å²) >= 11 is 0. The Labute approximate surface area is 104 Å². The summed E-state index contributed by atoms with van der Waals surface area (Å²) in [6, 6.07) is 8.91. The fraction of sp³-hybridized carbons (Fsp3) is 0.600. The Morgan fingerprint density at radius 1 is 1.06 bits per heavy atom. The van der Waals surface area contributed by atoms with Crippen molar-refractivity contribution in [2.75, 3.05) is 18.0 Å². The fourth-order valence-electron chi connectivity index (χ4n) is 2.89. The third-order valence-corrected chi connectivity index (χ3v) is 3.71. The number of ether oxygens (including phenoxy) is 1. The van der Waals surface area contributed by atoms with E-state index in [1.807, 2.05) is 0 Å². The summed E-state index contributed by atoms with van der Waals surface area (Å²) in [4.78, 5) is 2.51. The van der Waals surface area contributed by atoms with Crippen molar-refractivity contribution in [1.82, 2.24) is 0 Å². The summed E-state index contributed by atoms with van der Waals surface area (Å²) in [7, 11) is 0. The molecule has 0 aromatic heterocycles. The van der Waals surface area contributed by atoms with Gasteiger partial charge in [-0.3, -0.25) is 0 Å². The number of benzene rings is 1. The third-order valence-electron chi connectivity index (χ3n) is 3.71. The Morgan fingerprint density at radius 3 is 2.35 bits per heavy atom. The summed E-state index contributed by atoms with van der Waals surface area (Å²) in [5.41, 5.74) is 2.99. The predicted molar refractivity (Wildman–Crippen MR) is 70.6 cm³/mol. The van der Waals surface area contributed by atoms with Crippen LogP contribution in [0.15, 0.2) is 24.3 Å². The van der Waals surface area contributed by atoms with Crippen molar-refractivity contribution in [3.63, 3.8) is 0 Å². The molecule has 3 rings (SSSR count). The fourth-order valence-corrected chi connectivity index (χ4v) is 2.89. The van der Waals surface area contributed by atoms with E-state index in [0.717, 1.165) is 19.0 Å². The molecule has 2 atom stereocenters. The molecule has 0 unspecified atom stereocenters. The van der Waals surface area contributed by atoms with Gasteiger partial charge in [0.15, 0.2) is 0 Å². The second kappa shape index (κ2) is 4.34. The molecule has 1 aliphatic heterocycles. The van der Waals surface area contributed by atoms with Gasteiger partial charge in [0.2, 0.25) is 0 Å². The smallest absolute Gasteiger partial charge is 0.0726 e. The van der Waals surface area contributed by atoms with Crippen LogP contribution in [0, 0.1) is 0 Å². The van der Waals surface area contributed by atoms with Gasteiger partial charge in [-0.05, 0) is 44.2 Å². The normalized spacial score (nSPS) is 29.4. The molecular formula is C15H21NO. The molecule has 92 valence electrons. The van der Waals surface area contributed by atoms with E-state index in [1.54, 1.807) is 5.56 Å². The number of hydrogen-bond donors (Lipinski definition) is 0. The number of nitrogens with zero attached hydrogens (tertiary/aromatic N) is 1. The minimum absolute atomic E-state index is 0.339. The highest BCUT2D eigenvalue weighted by Gasteiger charge is 2.29. The van der Waals surface area contributed by atoms with Gasteiger partial charge in [-0.1, -0.05) is 18.2 Å². The maximum absolute atomic E-state index is 5.81. The van der Waals surface area contributed by atoms with Crippen LogP contribution in [0.4, 0.5) is 5.69 Å². The average Bonchev–Trinajstić information content (AvgIpc) is 3.11. The van der Waals surface area contributed by atoms with Crippen molar-refractivity contribution in [3.05, 3.63) is 29.8 Å². The molecule has 0 bridgehead atoms. The van der Waals surface area contributed by atoms with Gasteiger partial charge in [0, 0.05) is 18.8 Å². The third kappa shape index (κ3) is 2.32. The van der Waals surface area contributed by atoms with Crippen molar-refractivity contribution in [3.8, 4) is 0 Å². The number of hydrogen-bond acceptors (Lipinski definition) is 2. The summed E-state index contributed by atoms with van der Waals surface area (Å²) in [6.45, 7) is 6.38. The van der Waals surface area contributed by atoms with Crippen LogP contribution < -0.4 is 4.90 Å². The van der Waals surface area contributed by atoms with E-state index in [1.165, 1.54) is 18.5 Å². The van der Waals surface area contributed by atoms with Gasteiger partial charge in [0.1, 0.15) is 0 Å². The number of morpholine rings is 1. The maximum Gasteiger partial charge on any atom is 0.0726 e. The minimum atomic E-state index is 0.339. The largest absolute Gasteiger partial charge is 0.372 e. The first-order chi connectivity index (χ1) is 8.24. The average molecular weight is 231 g/mol. The molecule has 1 aromatic carbocycles. The lowest BCUT2D eigenvalue weighted by atomic mass is 10.1. The number of anilines is 1. The maximum atomic E-state index is 5.81. The molecule has 2 aliphatic rings. The van der Waals surface area contributed by atoms with E-state index >= 15 is 0 Å². The Balaban J connectivity index is 1.87. The van der Waals surface area contributed by atoms with E-state index in [9.17, 15) is 0 Å². The molecule has 0 radical (unpaired) electrons. The standard InChI is InChI=1S/C15H21NO/c1-11-9-16(10-12(2)17-11)15-6-4-3-5-14(15)13-7-8-13/h3-6,11-13H,7-10H2,1-2H3/t11-,12+. The summed E-state index contributed by atoms with van der Waals surface area (Å²) < 4.78 is 5.81. The lowest BCUT2D eigenvalue weighted by molar-refractivity contribution is -0.00526. The first-order valence-corrected chi connectivity index (χ1v) is 6.73. The number of para-hydroxylation sites is 1. The van der Waals surface area contributed by atoms with Crippen LogP contribution in [-0.4, -0.2) is 25.3 Å². The van der Waals surface area contributed by atoms with Crippen LogP contribution in [-0.2, 0) is 4.74 Å². The molecule has 1 heterocycles. The van der Waals surface area contributed by atoms with Gasteiger partial charge < -0.3 is 9.64 Å². The quantitative estimate of drug-likeness (QED) is 0.775. The van der Waals surface area contributed by atoms with E-state index < -0.39 is 0 Å². The van der Waals surface area contributed by atoms with Gasteiger partial charge >= 0.3 is 0 Å². The molecule has 2 fully saturated rings. The second-order valence-electron chi connectivity index (χ2n) is 5.50. The van der Waals surface area contributed by atoms with Gasteiger partial charge in [-0.25, -0.2) is 0 Å². The Bertz CT molecular complexity index is 390. The van der Waals surface area contributed by atoms with Crippen molar-refractivity contribution in [2.45, 2.75) is 44.8 Å². The molecule has 0 amide bonds. The summed E-state index contributed by atoms with van der Waals surface area (Å²) in [5, 5.41) is 0. The second-order valence-corrected chi connectivity index (χ2v) is 5.50. The van der Waals surface area contributed by atoms with Crippen molar-refractivity contribution >= 4 is 5.69 Å². The zero-order chi connectivity index (χ0) is 11.8. The van der Waals surface area contributed by atoms with Gasteiger partial charge in [0.25, 0.3) is 0 Å². The Hall–Kier alpha value is -1.02. The van der Waals surface area contributed by atoms with Crippen LogP contribution in [0.5, 0.6) is 0 Å². The predicted octanol–water partition coefficient (Wildman–Crippen LogP) is 3.18. The van der Waals surface area contributed by atoms with Crippen molar-refractivity contribution in [1.29, 1.82) is 0 Å². The molecule has 1 saturated carbocycles. The summed E-state index contributed by atoms with van der Waals surface area (Å²) in [6.07, 6.45) is 3.41. The Morgan fingerprint density at radius 2 is 1.71 bits per heavy atom. The van der Waals surface area contributed by atoms with Crippen LogP contribution in [0.25, 0.3) is 0 Å². The molecule has 1 aliphatic carbocycles. The summed E-state index contributed by atoms with van der Waals surface area (Å²) in [5.74, 6) is 0.819. The first-order valence-electron chi connectivity index (χ1n) is 6.73. The highest BCUT2D eigenvalue weighted by atomic mass is 16.5. The van der Waals surface area contributed by atoms with E-state index in [4.69, 9.17) is 4.74 Å². The molecule has 17 heavy (non-hydrogen) atoms. The zero-order valence-electron chi connectivity index (χ0n) is 10.7. The van der Waals surface area contributed by atoms with Crippen molar-refractivity contribution in [2.24, 2.45) is 0 Å². The van der Waals surface area contributed by atoms with Crippen LogP contribution in [0.3, 0.4) is 0 Å². The lowest BCUT2D eigenvalue weighted by Gasteiger charge is -2.37. The van der Waals surface area contributed by atoms with Crippen LogP contribution in [0.2, 0.25) is 0 Å². The van der Waals surface area contributed by atoms with E-state index in [0.29, 0.717) is 12.2 Å². The molecular weight excluding hydrogens is 210 g/mol. The first kappa shape index (κ1) is 11.1. The Kier molecular flexibility index (Phi) is 2.83. The molecule has 1 aromatic rings. The molecule has 1 saturated heterocycles. The van der Waals surface area contributed by atoms with E-state index in [-0.39, 0.29) is 0 Å². The van der Waals surface area contributed by atoms with Gasteiger partial charge in [-0.2, -0.15) is 0 Å². The van der Waals surface area contributed by atoms with Gasteiger partial charge in [-0.15, -0.1) is 0 Å². The topological polar surface area (TPSA) is 12.5 Å². The zero-order valence-corrected chi connectivity index (χ0v) is 10.7. The number of rotatable bonds is 2. The lowest BCUT2D eigenvalue weighted by Crippen LogP contribution is -2.45. The highest BCUT2D eigenvalue weighted by Crippen LogP contribution is 2.44. The SMILES string of the molecule is C[C@@H]1CN(c2ccccc2C2CC2)C[C@H](C)O1. The molecule has 0 N–H and O–H groups in total. The minimum Gasteiger partial charge on any atom is -0.372 e. The van der Waals surface area contributed by atoms with E-state index in [2.05, 4.69) is 43.0 Å². The molecule has 2 nitrogen and oxygen atoms in total. The highest BCUT2D eigenvalue weighted by molar-refractivity contribution is 5.56.